The van der Waals surface area contributed by atoms with E-state index in [4.69, 9.17) is 5.73 Å². The molecule has 1 amide bonds. The Morgan fingerprint density at radius 2 is 1.72 bits per heavy atom. The SMILES string of the molecule is CC(=O)C(C(=O)Nc1ccc(F)c(F)c1F)C(CN)c1cccc(C(F)(F)F)c1. The molecule has 0 saturated heterocycles. The van der Waals surface area contributed by atoms with E-state index in [0.29, 0.717) is 6.07 Å². The monoisotopic (exact) mass is 418 g/mol. The van der Waals surface area contributed by atoms with Crippen LogP contribution < -0.4 is 11.1 Å². The molecule has 2 aromatic carbocycles. The Bertz CT molecular complexity index is 929. The molecule has 0 saturated carbocycles. The maximum absolute atomic E-state index is 13.8. The van der Waals surface area contributed by atoms with Gasteiger partial charge in [0.1, 0.15) is 11.7 Å². The summed E-state index contributed by atoms with van der Waals surface area (Å²) in [6.07, 6.45) is -4.65. The van der Waals surface area contributed by atoms with Crippen molar-refractivity contribution in [1.29, 1.82) is 0 Å². The summed E-state index contributed by atoms with van der Waals surface area (Å²) in [5.74, 6) is -9.60. The van der Waals surface area contributed by atoms with Crippen molar-refractivity contribution in [3.8, 4) is 0 Å². The van der Waals surface area contributed by atoms with Crippen LogP contribution in [0.3, 0.4) is 0 Å². The highest BCUT2D eigenvalue weighted by Gasteiger charge is 2.36. The molecule has 0 heterocycles. The molecular formula is C19H16F6N2O2. The lowest BCUT2D eigenvalue weighted by atomic mass is 9.82. The lowest BCUT2D eigenvalue weighted by Gasteiger charge is -2.24. The molecule has 10 heteroatoms. The Balaban J connectivity index is 2.40. The molecule has 2 unspecified atom stereocenters. The smallest absolute Gasteiger partial charge is 0.330 e. The van der Waals surface area contributed by atoms with E-state index in [1.54, 1.807) is 0 Å². The van der Waals surface area contributed by atoms with Crippen molar-refractivity contribution in [2.45, 2.75) is 19.0 Å². The van der Waals surface area contributed by atoms with Gasteiger partial charge in [-0.25, -0.2) is 13.2 Å². The van der Waals surface area contributed by atoms with E-state index in [9.17, 15) is 35.9 Å². The molecule has 156 valence electrons. The van der Waals surface area contributed by atoms with Crippen LogP contribution in [0.5, 0.6) is 0 Å². The highest BCUT2D eigenvalue weighted by atomic mass is 19.4. The average molecular weight is 418 g/mol. The maximum Gasteiger partial charge on any atom is 0.416 e. The number of hydrogen-bond donors (Lipinski definition) is 2. The van der Waals surface area contributed by atoms with E-state index >= 15 is 0 Å². The fourth-order valence-electron chi connectivity index (χ4n) is 2.89. The molecule has 0 bridgehead atoms. The first-order valence-corrected chi connectivity index (χ1v) is 8.29. The molecule has 2 aromatic rings. The quantitative estimate of drug-likeness (QED) is 0.423. The van der Waals surface area contributed by atoms with Crippen LogP contribution in [0.25, 0.3) is 0 Å². The molecule has 2 atom stereocenters. The van der Waals surface area contributed by atoms with Gasteiger partial charge in [0, 0.05) is 12.5 Å². The van der Waals surface area contributed by atoms with E-state index < -0.39 is 58.4 Å². The van der Waals surface area contributed by atoms with Crippen LogP contribution in [0, 0.1) is 23.4 Å². The van der Waals surface area contributed by atoms with Gasteiger partial charge in [-0.3, -0.25) is 9.59 Å². The summed E-state index contributed by atoms with van der Waals surface area (Å²) in [6.45, 7) is 0.640. The van der Waals surface area contributed by atoms with Crippen molar-refractivity contribution < 1.29 is 35.9 Å². The summed E-state index contributed by atoms with van der Waals surface area (Å²) in [5, 5.41) is 1.97. The van der Waals surface area contributed by atoms with E-state index in [-0.39, 0.29) is 12.1 Å². The average Bonchev–Trinajstić information content (AvgIpc) is 2.65. The highest BCUT2D eigenvalue weighted by Crippen LogP contribution is 2.33. The summed E-state index contributed by atoms with van der Waals surface area (Å²) in [4.78, 5) is 24.6. The standard InChI is InChI=1S/C19H16F6N2O2/c1-9(28)15(18(29)27-14-6-5-13(20)16(21)17(14)22)12(8-26)10-3-2-4-11(7-10)19(23,24)25/h2-7,12,15H,8,26H2,1H3,(H,27,29). The minimum atomic E-state index is -4.65. The first-order valence-electron chi connectivity index (χ1n) is 8.29. The lowest BCUT2D eigenvalue weighted by molar-refractivity contribution is -0.137. The van der Waals surface area contributed by atoms with Crippen LogP contribution in [-0.4, -0.2) is 18.2 Å². The van der Waals surface area contributed by atoms with Gasteiger partial charge in [-0.1, -0.05) is 18.2 Å². The summed E-state index contributed by atoms with van der Waals surface area (Å²) >= 11 is 0. The van der Waals surface area contributed by atoms with E-state index in [1.165, 1.54) is 6.07 Å². The van der Waals surface area contributed by atoms with Gasteiger partial charge in [-0.05, 0) is 30.7 Å². The molecule has 0 aliphatic carbocycles. The fraction of sp³-hybridized carbons (Fsp3) is 0.263. The van der Waals surface area contributed by atoms with Crippen LogP contribution in [-0.2, 0) is 15.8 Å². The Kier molecular flexibility index (Phi) is 6.68. The Hall–Kier alpha value is -2.88. The second-order valence-corrected chi connectivity index (χ2v) is 6.27. The zero-order valence-corrected chi connectivity index (χ0v) is 15.0. The second-order valence-electron chi connectivity index (χ2n) is 6.27. The molecule has 4 nitrogen and oxygen atoms in total. The van der Waals surface area contributed by atoms with Crippen molar-refractivity contribution in [2.75, 3.05) is 11.9 Å². The van der Waals surface area contributed by atoms with Gasteiger partial charge in [0.15, 0.2) is 17.5 Å². The van der Waals surface area contributed by atoms with Crippen molar-refractivity contribution in [3.63, 3.8) is 0 Å². The molecule has 3 N–H and O–H groups in total. The number of carbonyl (C=O) groups is 2. The first kappa shape index (κ1) is 22.4. The van der Waals surface area contributed by atoms with Crippen LogP contribution in [0.1, 0.15) is 24.0 Å². The Morgan fingerprint density at radius 3 is 2.28 bits per heavy atom. The number of nitrogens with one attached hydrogen (secondary N) is 1. The molecule has 0 aromatic heterocycles. The van der Waals surface area contributed by atoms with E-state index in [1.807, 2.05) is 5.32 Å². The minimum Gasteiger partial charge on any atom is -0.330 e. The van der Waals surface area contributed by atoms with E-state index in [2.05, 4.69) is 0 Å². The zero-order chi connectivity index (χ0) is 21.9. The van der Waals surface area contributed by atoms with Crippen LogP contribution in [0.4, 0.5) is 32.0 Å². The molecule has 0 spiro atoms. The number of ketones is 1. The van der Waals surface area contributed by atoms with Gasteiger partial charge in [-0.2, -0.15) is 13.2 Å². The number of nitrogens with two attached hydrogens (primary N) is 1. The summed E-state index contributed by atoms with van der Waals surface area (Å²) in [6, 6.07) is 5.28. The van der Waals surface area contributed by atoms with Gasteiger partial charge in [0.05, 0.1) is 11.3 Å². The predicted octanol–water partition coefficient (Wildman–Crippen LogP) is 4.01. The third-order valence-electron chi connectivity index (χ3n) is 4.31. The van der Waals surface area contributed by atoms with Gasteiger partial charge in [-0.15, -0.1) is 0 Å². The normalized spacial score (nSPS) is 13.7. The van der Waals surface area contributed by atoms with Gasteiger partial charge in [0.2, 0.25) is 5.91 Å². The number of carbonyl (C=O) groups excluding carboxylic acids is 2. The predicted molar refractivity (Wildman–Crippen MR) is 92.4 cm³/mol. The topological polar surface area (TPSA) is 72.2 Å². The molecular weight excluding hydrogens is 402 g/mol. The van der Waals surface area contributed by atoms with Crippen molar-refractivity contribution in [1.82, 2.24) is 0 Å². The zero-order valence-electron chi connectivity index (χ0n) is 15.0. The highest BCUT2D eigenvalue weighted by molar-refractivity contribution is 6.07. The number of rotatable bonds is 6. The third-order valence-corrected chi connectivity index (χ3v) is 4.31. The van der Waals surface area contributed by atoms with Crippen LogP contribution >= 0.6 is 0 Å². The van der Waals surface area contributed by atoms with Gasteiger partial charge >= 0.3 is 6.18 Å². The number of benzene rings is 2. The molecule has 0 radical (unpaired) electrons. The number of Topliss-reactive ketones (excluding diaryl/α,β-unsaturated/α-hetero) is 1. The summed E-state index contributed by atoms with van der Waals surface area (Å²) in [7, 11) is 0. The van der Waals surface area contributed by atoms with Gasteiger partial charge < -0.3 is 11.1 Å². The Labute approximate surface area is 161 Å². The number of anilines is 1. The van der Waals surface area contributed by atoms with Crippen molar-refractivity contribution >= 4 is 17.4 Å². The lowest BCUT2D eigenvalue weighted by Crippen LogP contribution is -2.37. The molecule has 29 heavy (non-hydrogen) atoms. The number of hydrogen-bond acceptors (Lipinski definition) is 3. The Morgan fingerprint density at radius 1 is 1.07 bits per heavy atom. The minimum absolute atomic E-state index is 0.0246. The molecule has 2 rings (SSSR count). The fourth-order valence-corrected chi connectivity index (χ4v) is 2.89. The summed E-state index contributed by atoms with van der Waals surface area (Å²) < 4.78 is 79.1. The van der Waals surface area contributed by atoms with Crippen molar-refractivity contribution in [3.05, 3.63) is 65.0 Å². The van der Waals surface area contributed by atoms with Gasteiger partial charge in [0.25, 0.3) is 0 Å². The second kappa shape index (κ2) is 8.64. The summed E-state index contributed by atoms with van der Waals surface area (Å²) in [5.41, 5.74) is 3.87. The van der Waals surface area contributed by atoms with Crippen LogP contribution in [0.2, 0.25) is 0 Å². The van der Waals surface area contributed by atoms with Crippen LogP contribution in [0.15, 0.2) is 36.4 Å². The first-order chi connectivity index (χ1) is 13.5. The molecule has 0 aliphatic rings. The third kappa shape index (κ3) is 4.94. The van der Waals surface area contributed by atoms with E-state index in [0.717, 1.165) is 31.2 Å². The van der Waals surface area contributed by atoms with Crippen molar-refractivity contribution in [2.24, 2.45) is 11.7 Å². The number of halogens is 6. The molecule has 0 aliphatic heterocycles. The number of alkyl halides is 3. The molecule has 0 fully saturated rings. The maximum atomic E-state index is 13.8. The largest absolute Gasteiger partial charge is 0.416 e. The number of amides is 1.